The number of aliphatic hydroxyl groups is 1. The van der Waals surface area contributed by atoms with Crippen molar-refractivity contribution in [3.63, 3.8) is 0 Å². The van der Waals surface area contributed by atoms with Crippen LogP contribution in [0.15, 0.2) is 52.1 Å². The van der Waals surface area contributed by atoms with E-state index in [1.807, 2.05) is 16.8 Å². The van der Waals surface area contributed by atoms with E-state index in [-0.39, 0.29) is 17.3 Å². The van der Waals surface area contributed by atoms with Gasteiger partial charge in [-0.05, 0) is 46.2 Å². The highest BCUT2D eigenvalue weighted by Crippen LogP contribution is 2.40. The van der Waals surface area contributed by atoms with Crippen molar-refractivity contribution in [3.8, 4) is 11.1 Å². The molecule has 2 heterocycles. The number of benzene rings is 2. The molecule has 0 bridgehead atoms. The molecule has 5 nitrogen and oxygen atoms in total. The molecule has 0 aliphatic carbocycles. The van der Waals surface area contributed by atoms with Gasteiger partial charge in [0.2, 0.25) is 0 Å². The zero-order valence-electron chi connectivity index (χ0n) is 15.9. The lowest BCUT2D eigenvalue weighted by Crippen LogP contribution is -2.09. The number of H-pyrrole nitrogens is 1. The first-order valence-electron chi connectivity index (χ1n) is 9.19. The van der Waals surface area contributed by atoms with Gasteiger partial charge < -0.3 is 10.1 Å². The van der Waals surface area contributed by atoms with Crippen LogP contribution in [0.25, 0.3) is 22.2 Å². The van der Waals surface area contributed by atoms with Crippen LogP contribution < -0.4 is 0 Å². The Morgan fingerprint density at radius 2 is 1.93 bits per heavy atom. The van der Waals surface area contributed by atoms with Crippen LogP contribution in [0.1, 0.15) is 24.2 Å². The summed E-state index contributed by atoms with van der Waals surface area (Å²) in [5.41, 5.74) is 3.63. The van der Waals surface area contributed by atoms with Gasteiger partial charge in [0.1, 0.15) is 11.3 Å². The summed E-state index contributed by atoms with van der Waals surface area (Å²) in [7, 11) is -3.29. The summed E-state index contributed by atoms with van der Waals surface area (Å²) in [5.74, 6) is 0.0969. The Bertz CT molecular complexity index is 1300. The molecule has 2 aromatic carbocycles. The third-order valence-electron chi connectivity index (χ3n) is 5.03. The summed E-state index contributed by atoms with van der Waals surface area (Å²) >= 11 is 14.7. The van der Waals surface area contributed by atoms with Crippen LogP contribution in [0.5, 0.6) is 0 Å². The molecule has 9 heteroatoms. The first-order valence-corrected chi connectivity index (χ1v) is 12.5. The molecule has 4 aromatic rings. The van der Waals surface area contributed by atoms with Gasteiger partial charge in [0.15, 0.2) is 9.84 Å². The fourth-order valence-electron chi connectivity index (χ4n) is 3.36. The van der Waals surface area contributed by atoms with Gasteiger partial charge in [-0.25, -0.2) is 13.4 Å². The van der Waals surface area contributed by atoms with Crippen molar-refractivity contribution in [2.45, 2.75) is 17.7 Å². The van der Waals surface area contributed by atoms with Crippen molar-refractivity contribution < 1.29 is 13.5 Å². The van der Waals surface area contributed by atoms with Crippen molar-refractivity contribution in [2.75, 3.05) is 12.4 Å². The highest BCUT2D eigenvalue weighted by atomic mass is 35.5. The first kappa shape index (κ1) is 21.3. The summed E-state index contributed by atoms with van der Waals surface area (Å²) < 4.78 is 24.1. The van der Waals surface area contributed by atoms with Crippen LogP contribution in [0.4, 0.5) is 0 Å². The third-order valence-corrected chi connectivity index (χ3v) is 8.13. The number of fused-ring (bicyclic) bond motifs is 1. The molecule has 0 aliphatic rings. The number of sulfone groups is 1. The van der Waals surface area contributed by atoms with Gasteiger partial charge in [-0.3, -0.25) is 0 Å². The van der Waals surface area contributed by atoms with Gasteiger partial charge in [-0.15, -0.1) is 0 Å². The zero-order valence-corrected chi connectivity index (χ0v) is 19.0. The molecule has 0 spiro atoms. The molecule has 156 valence electrons. The smallest absolute Gasteiger partial charge is 0.178 e. The van der Waals surface area contributed by atoms with Crippen molar-refractivity contribution in [3.05, 3.63) is 68.6 Å². The number of aliphatic hydroxyl groups excluding tert-OH is 1. The van der Waals surface area contributed by atoms with E-state index in [1.54, 1.807) is 48.6 Å². The predicted molar refractivity (Wildman–Crippen MR) is 123 cm³/mol. The average Bonchev–Trinajstić information content (AvgIpc) is 3.39. The van der Waals surface area contributed by atoms with Crippen LogP contribution in [-0.2, 0) is 9.84 Å². The molecule has 0 saturated heterocycles. The van der Waals surface area contributed by atoms with Gasteiger partial charge in [-0.2, -0.15) is 11.3 Å². The molecule has 0 fully saturated rings. The van der Waals surface area contributed by atoms with Crippen LogP contribution in [0.2, 0.25) is 10.0 Å². The summed E-state index contributed by atoms with van der Waals surface area (Å²) in [6, 6.07) is 10.2. The van der Waals surface area contributed by atoms with E-state index in [9.17, 15) is 13.5 Å². The number of thiophene rings is 1. The van der Waals surface area contributed by atoms with Crippen molar-refractivity contribution in [2.24, 2.45) is 0 Å². The highest BCUT2D eigenvalue weighted by molar-refractivity contribution is 7.91. The number of imidazole rings is 1. The lowest BCUT2D eigenvalue weighted by molar-refractivity contribution is 0.277. The maximum absolute atomic E-state index is 12.0. The summed E-state index contributed by atoms with van der Waals surface area (Å²) in [6.45, 7) is 1.40. The predicted octanol–water partition coefficient (Wildman–Crippen LogP) is 5.52. The Morgan fingerprint density at radius 1 is 1.20 bits per heavy atom. The molecule has 1 unspecified atom stereocenters. The maximum Gasteiger partial charge on any atom is 0.178 e. The molecule has 2 N–H and O–H groups in total. The minimum Gasteiger partial charge on any atom is -0.395 e. The van der Waals surface area contributed by atoms with E-state index in [1.165, 1.54) is 0 Å². The van der Waals surface area contributed by atoms with Gasteiger partial charge in [0, 0.05) is 5.56 Å². The van der Waals surface area contributed by atoms with Crippen LogP contribution in [-0.4, -0.2) is 35.9 Å². The Hall–Kier alpha value is -1.90. The Balaban J connectivity index is 1.77. The van der Waals surface area contributed by atoms with Crippen molar-refractivity contribution >= 4 is 55.4 Å². The van der Waals surface area contributed by atoms with E-state index in [4.69, 9.17) is 23.2 Å². The van der Waals surface area contributed by atoms with Gasteiger partial charge in [0.25, 0.3) is 0 Å². The maximum atomic E-state index is 12.0. The number of hydrogen-bond donors (Lipinski definition) is 2. The number of aromatic nitrogens is 2. The fraction of sp³-hybridized carbons (Fsp3) is 0.190. The van der Waals surface area contributed by atoms with E-state index < -0.39 is 15.8 Å². The lowest BCUT2D eigenvalue weighted by Gasteiger charge is -2.12. The summed E-state index contributed by atoms with van der Waals surface area (Å²) in [6.07, 6.45) is 0. The Morgan fingerprint density at radius 3 is 2.53 bits per heavy atom. The molecule has 30 heavy (non-hydrogen) atoms. The average molecular weight is 481 g/mol. The first-order chi connectivity index (χ1) is 14.4. The Kier molecular flexibility index (Phi) is 5.92. The quantitative estimate of drug-likeness (QED) is 0.380. The molecule has 4 rings (SSSR count). The standard InChI is InChI=1S/C21H18Cl2N2O3S2/c1-2-30(27,28)14-5-3-12(4-6-14)15(10-26)21-24-17-9-16(22)18(13-7-8-29-11-13)19(23)20(17)25-21/h3-9,11,15,26H,2,10H2,1H3,(H,24,25). The minimum absolute atomic E-state index is 0.0328. The molecular formula is C21H18Cl2N2O3S2. The van der Waals surface area contributed by atoms with E-state index in [2.05, 4.69) is 9.97 Å². The number of nitrogens with one attached hydrogen (secondary N) is 1. The van der Waals surface area contributed by atoms with Gasteiger partial charge in [0.05, 0.1) is 38.7 Å². The van der Waals surface area contributed by atoms with Gasteiger partial charge in [-0.1, -0.05) is 42.3 Å². The number of halogens is 2. The minimum atomic E-state index is -3.29. The molecule has 0 amide bonds. The lowest BCUT2D eigenvalue weighted by atomic mass is 9.99. The third kappa shape index (κ3) is 3.76. The van der Waals surface area contributed by atoms with Gasteiger partial charge >= 0.3 is 0 Å². The van der Waals surface area contributed by atoms with E-state index in [0.717, 1.165) is 16.7 Å². The molecular weight excluding hydrogens is 463 g/mol. The Labute approximate surface area is 188 Å². The molecule has 0 aliphatic heterocycles. The number of nitrogens with zero attached hydrogens (tertiary/aromatic N) is 1. The molecule has 0 saturated carbocycles. The highest BCUT2D eigenvalue weighted by Gasteiger charge is 2.22. The molecule has 0 radical (unpaired) electrons. The van der Waals surface area contributed by atoms with E-state index in [0.29, 0.717) is 26.9 Å². The second kappa shape index (κ2) is 8.32. The summed E-state index contributed by atoms with van der Waals surface area (Å²) in [5, 5.41) is 14.9. The molecule has 2 aromatic heterocycles. The number of rotatable bonds is 6. The summed E-state index contributed by atoms with van der Waals surface area (Å²) in [4.78, 5) is 8.09. The normalized spacial score (nSPS) is 13.1. The SMILES string of the molecule is CCS(=O)(=O)c1ccc(C(CO)c2nc3c(Cl)c(-c4ccsc4)c(Cl)cc3[nH]2)cc1. The number of hydrogen-bond acceptors (Lipinski definition) is 5. The van der Waals surface area contributed by atoms with Crippen LogP contribution in [0, 0.1) is 0 Å². The topological polar surface area (TPSA) is 83.1 Å². The largest absolute Gasteiger partial charge is 0.395 e. The van der Waals surface area contributed by atoms with Crippen LogP contribution in [0.3, 0.4) is 0 Å². The second-order valence-corrected chi connectivity index (χ2v) is 10.6. The van der Waals surface area contributed by atoms with E-state index >= 15 is 0 Å². The molecule has 1 atom stereocenters. The zero-order chi connectivity index (χ0) is 21.5. The van der Waals surface area contributed by atoms with Crippen LogP contribution >= 0.6 is 34.5 Å². The van der Waals surface area contributed by atoms with Crippen molar-refractivity contribution in [1.29, 1.82) is 0 Å². The monoisotopic (exact) mass is 480 g/mol. The number of aromatic amines is 1. The van der Waals surface area contributed by atoms with Crippen molar-refractivity contribution in [1.82, 2.24) is 9.97 Å². The second-order valence-electron chi connectivity index (χ2n) is 6.79. The fourth-order valence-corrected chi connectivity index (χ4v) is 5.61.